The molecule has 1 fully saturated rings. The van der Waals surface area contributed by atoms with Gasteiger partial charge in [-0.15, -0.1) is 0 Å². The van der Waals surface area contributed by atoms with Crippen LogP contribution in [0.1, 0.15) is 46.8 Å². The van der Waals surface area contributed by atoms with Crippen LogP contribution in [0.3, 0.4) is 0 Å². The van der Waals surface area contributed by atoms with E-state index in [2.05, 4.69) is 15.1 Å². The summed E-state index contributed by atoms with van der Waals surface area (Å²) in [4.78, 5) is 23.7. The quantitative estimate of drug-likeness (QED) is 0.728. The lowest BCUT2D eigenvalue weighted by Crippen LogP contribution is -2.38. The Hall–Kier alpha value is -2.76. The van der Waals surface area contributed by atoms with Gasteiger partial charge in [-0.05, 0) is 43.4 Å². The zero-order valence-electron chi connectivity index (χ0n) is 13.6. The van der Waals surface area contributed by atoms with E-state index in [0.717, 1.165) is 36.9 Å². The number of hydrogen-bond donors (Lipinski definition) is 0. The average Bonchev–Trinajstić information content (AvgIpc) is 3.05. The normalized spacial score (nSPS) is 18.0. The molecule has 0 aliphatic carbocycles. The van der Waals surface area contributed by atoms with Gasteiger partial charge in [0.25, 0.3) is 5.91 Å². The van der Waals surface area contributed by atoms with E-state index in [4.69, 9.17) is 0 Å². The molecule has 0 spiro atoms. The average molecular weight is 321 g/mol. The highest BCUT2D eigenvalue weighted by atomic mass is 16.2. The van der Waals surface area contributed by atoms with Gasteiger partial charge in [0.2, 0.25) is 0 Å². The summed E-state index contributed by atoms with van der Waals surface area (Å²) in [5.41, 5.74) is 3.27. The van der Waals surface area contributed by atoms with Gasteiger partial charge in [0.1, 0.15) is 5.56 Å². The summed E-state index contributed by atoms with van der Waals surface area (Å²) in [6.45, 7) is 2.71. The Labute approximate surface area is 140 Å². The number of nitrogens with zero attached hydrogens (tertiary/aromatic N) is 5. The Morgan fingerprint density at radius 2 is 2.17 bits per heavy atom. The van der Waals surface area contributed by atoms with Crippen molar-refractivity contribution in [2.75, 3.05) is 6.54 Å². The Morgan fingerprint density at radius 1 is 1.25 bits per heavy atom. The maximum absolute atomic E-state index is 13.2. The minimum absolute atomic E-state index is 0.00472. The zero-order chi connectivity index (χ0) is 16.5. The van der Waals surface area contributed by atoms with Crippen molar-refractivity contribution in [3.63, 3.8) is 0 Å². The molecule has 4 rings (SSSR count). The van der Waals surface area contributed by atoms with Crippen LogP contribution in [0.4, 0.5) is 0 Å². The minimum atomic E-state index is -0.00472. The summed E-state index contributed by atoms with van der Waals surface area (Å²) in [5, 5.41) is 4.29. The van der Waals surface area contributed by atoms with E-state index in [1.165, 1.54) is 0 Å². The van der Waals surface area contributed by atoms with Crippen molar-refractivity contribution in [3.05, 3.63) is 59.8 Å². The van der Waals surface area contributed by atoms with Crippen LogP contribution in [-0.2, 0) is 0 Å². The van der Waals surface area contributed by atoms with Crippen molar-refractivity contribution in [1.29, 1.82) is 0 Å². The number of carbonyl (C=O) groups excluding carboxylic acids is 1. The van der Waals surface area contributed by atoms with Crippen molar-refractivity contribution in [2.45, 2.75) is 32.2 Å². The summed E-state index contributed by atoms with van der Waals surface area (Å²) in [7, 11) is 0. The maximum Gasteiger partial charge on any atom is 0.259 e. The molecule has 1 saturated heterocycles. The molecule has 122 valence electrons. The molecule has 3 aromatic rings. The number of amides is 1. The van der Waals surface area contributed by atoms with Gasteiger partial charge in [-0.2, -0.15) is 5.10 Å². The second kappa shape index (κ2) is 6.03. The number of likely N-dealkylation sites (tertiary alicyclic amines) is 1. The molecule has 6 heteroatoms. The Morgan fingerprint density at radius 3 is 3.00 bits per heavy atom. The van der Waals surface area contributed by atoms with Crippen LogP contribution in [0.2, 0.25) is 0 Å². The number of aryl methyl sites for hydroxylation is 1. The Balaban J connectivity index is 1.71. The first-order valence-electron chi connectivity index (χ1n) is 8.25. The molecule has 1 aliphatic rings. The molecule has 4 heterocycles. The molecule has 1 aliphatic heterocycles. The van der Waals surface area contributed by atoms with Crippen LogP contribution in [0.25, 0.3) is 5.65 Å². The molecule has 0 saturated carbocycles. The second-order valence-corrected chi connectivity index (χ2v) is 6.25. The van der Waals surface area contributed by atoms with Crippen molar-refractivity contribution in [3.8, 4) is 0 Å². The molecule has 24 heavy (non-hydrogen) atoms. The minimum Gasteiger partial charge on any atom is -0.331 e. The third-order valence-electron chi connectivity index (χ3n) is 4.55. The highest BCUT2D eigenvalue weighted by molar-refractivity contribution is 5.99. The van der Waals surface area contributed by atoms with E-state index < -0.39 is 0 Å². The van der Waals surface area contributed by atoms with Gasteiger partial charge in [0.15, 0.2) is 5.65 Å². The van der Waals surface area contributed by atoms with Crippen molar-refractivity contribution < 1.29 is 4.79 Å². The third-order valence-corrected chi connectivity index (χ3v) is 4.55. The fraction of sp³-hybridized carbons (Fsp3) is 0.333. The third kappa shape index (κ3) is 2.54. The molecule has 3 aromatic heterocycles. The Kier molecular flexibility index (Phi) is 3.72. The summed E-state index contributed by atoms with van der Waals surface area (Å²) in [6, 6.07) is 4.04. The first-order valence-corrected chi connectivity index (χ1v) is 8.25. The fourth-order valence-corrected chi connectivity index (χ4v) is 3.37. The lowest BCUT2D eigenvalue weighted by molar-refractivity contribution is 0.0613. The SMILES string of the molecule is Cc1cnc2c(C(=O)N3CCCC[C@H]3c3cccnc3)cnn2c1. The van der Waals surface area contributed by atoms with Gasteiger partial charge in [-0.1, -0.05) is 6.07 Å². The largest absolute Gasteiger partial charge is 0.331 e. The summed E-state index contributed by atoms with van der Waals surface area (Å²) >= 11 is 0. The number of fused-ring (bicyclic) bond motifs is 1. The van der Waals surface area contributed by atoms with Gasteiger partial charge in [0.05, 0.1) is 12.2 Å². The van der Waals surface area contributed by atoms with Gasteiger partial charge in [-0.25, -0.2) is 9.50 Å². The number of piperidine rings is 1. The smallest absolute Gasteiger partial charge is 0.259 e. The van der Waals surface area contributed by atoms with E-state index in [1.807, 2.05) is 36.4 Å². The molecule has 0 aromatic carbocycles. The lowest BCUT2D eigenvalue weighted by Gasteiger charge is -2.35. The number of pyridine rings is 1. The molecular formula is C18H19N5O. The van der Waals surface area contributed by atoms with Crippen LogP contribution in [0.5, 0.6) is 0 Å². The van der Waals surface area contributed by atoms with Crippen LogP contribution in [0.15, 0.2) is 43.1 Å². The van der Waals surface area contributed by atoms with E-state index in [9.17, 15) is 4.79 Å². The van der Waals surface area contributed by atoms with Crippen molar-refractivity contribution >= 4 is 11.6 Å². The van der Waals surface area contributed by atoms with Crippen molar-refractivity contribution in [2.24, 2.45) is 0 Å². The fourth-order valence-electron chi connectivity index (χ4n) is 3.37. The van der Waals surface area contributed by atoms with Crippen LogP contribution in [-0.4, -0.2) is 36.9 Å². The second-order valence-electron chi connectivity index (χ2n) is 6.25. The monoisotopic (exact) mass is 321 g/mol. The summed E-state index contributed by atoms with van der Waals surface area (Å²) in [5.74, 6) is -0.00472. The number of hydrogen-bond acceptors (Lipinski definition) is 4. The molecule has 6 nitrogen and oxygen atoms in total. The van der Waals surface area contributed by atoms with Gasteiger partial charge < -0.3 is 4.90 Å². The molecule has 1 atom stereocenters. The maximum atomic E-state index is 13.2. The van der Waals surface area contributed by atoms with Gasteiger partial charge in [-0.3, -0.25) is 9.78 Å². The first-order chi connectivity index (χ1) is 11.7. The Bertz CT molecular complexity index is 874. The predicted molar refractivity (Wildman–Crippen MR) is 89.6 cm³/mol. The molecule has 0 unspecified atom stereocenters. The molecular weight excluding hydrogens is 302 g/mol. The standard InChI is InChI=1S/C18H19N5O/c1-13-9-20-17-15(11-21-23(17)12-13)18(24)22-8-3-2-6-16(22)14-5-4-7-19-10-14/h4-5,7,9-12,16H,2-3,6,8H2,1H3/t16-/m0/s1. The summed E-state index contributed by atoms with van der Waals surface area (Å²) < 4.78 is 1.67. The predicted octanol–water partition coefficient (Wildman–Crippen LogP) is 2.80. The van der Waals surface area contributed by atoms with Crippen molar-refractivity contribution in [1.82, 2.24) is 24.5 Å². The molecule has 0 N–H and O–H groups in total. The van der Waals surface area contributed by atoms with Gasteiger partial charge in [0, 0.05) is 31.3 Å². The first kappa shape index (κ1) is 14.8. The number of carbonyl (C=O) groups is 1. The van der Waals surface area contributed by atoms with Crippen LogP contribution in [0, 0.1) is 6.92 Å². The van der Waals surface area contributed by atoms with Crippen LogP contribution < -0.4 is 0 Å². The molecule has 0 radical (unpaired) electrons. The lowest BCUT2D eigenvalue weighted by atomic mass is 9.96. The molecule has 1 amide bonds. The highest BCUT2D eigenvalue weighted by Crippen LogP contribution is 2.32. The zero-order valence-corrected chi connectivity index (χ0v) is 13.6. The molecule has 0 bridgehead atoms. The summed E-state index contributed by atoms with van der Waals surface area (Å²) in [6.07, 6.45) is 12.0. The van der Waals surface area contributed by atoms with E-state index in [0.29, 0.717) is 11.2 Å². The number of rotatable bonds is 2. The van der Waals surface area contributed by atoms with Gasteiger partial charge >= 0.3 is 0 Å². The van der Waals surface area contributed by atoms with E-state index >= 15 is 0 Å². The van der Waals surface area contributed by atoms with E-state index in [1.54, 1.807) is 23.1 Å². The number of aromatic nitrogens is 4. The van der Waals surface area contributed by atoms with Crippen LogP contribution >= 0.6 is 0 Å². The van der Waals surface area contributed by atoms with E-state index in [-0.39, 0.29) is 11.9 Å². The highest BCUT2D eigenvalue weighted by Gasteiger charge is 2.30. The topological polar surface area (TPSA) is 63.4 Å².